The summed E-state index contributed by atoms with van der Waals surface area (Å²) in [4.78, 5) is 15.9. The van der Waals surface area contributed by atoms with Crippen molar-refractivity contribution in [3.05, 3.63) is 0 Å². The standard InChI is InChI=1S/C12H21N3O2/c1-2-4-13-11-12(17)15-6-3-5-14(7-8-15)9-10-16/h1,13,16H,3-11H2. The lowest BCUT2D eigenvalue weighted by Crippen LogP contribution is -2.40. The van der Waals surface area contributed by atoms with Crippen molar-refractivity contribution in [1.29, 1.82) is 0 Å². The van der Waals surface area contributed by atoms with Gasteiger partial charge in [0.25, 0.3) is 0 Å². The summed E-state index contributed by atoms with van der Waals surface area (Å²) in [5, 5.41) is 11.8. The second kappa shape index (κ2) is 8.07. The van der Waals surface area contributed by atoms with Gasteiger partial charge in [-0.1, -0.05) is 5.92 Å². The number of terminal acetylenes is 1. The van der Waals surface area contributed by atoms with E-state index in [0.717, 1.165) is 32.6 Å². The van der Waals surface area contributed by atoms with E-state index in [-0.39, 0.29) is 12.5 Å². The molecule has 0 aromatic rings. The van der Waals surface area contributed by atoms with Gasteiger partial charge >= 0.3 is 0 Å². The second-order valence-corrected chi connectivity index (χ2v) is 4.11. The summed E-state index contributed by atoms with van der Waals surface area (Å²) >= 11 is 0. The van der Waals surface area contributed by atoms with E-state index in [4.69, 9.17) is 11.5 Å². The fourth-order valence-electron chi connectivity index (χ4n) is 1.94. The Morgan fingerprint density at radius 1 is 1.35 bits per heavy atom. The molecule has 0 radical (unpaired) electrons. The largest absolute Gasteiger partial charge is 0.395 e. The number of hydrogen-bond donors (Lipinski definition) is 2. The molecule has 0 aliphatic carbocycles. The van der Waals surface area contributed by atoms with Gasteiger partial charge in [-0.3, -0.25) is 15.0 Å². The van der Waals surface area contributed by atoms with Crippen LogP contribution in [0.5, 0.6) is 0 Å². The van der Waals surface area contributed by atoms with Crippen LogP contribution in [-0.2, 0) is 4.79 Å². The van der Waals surface area contributed by atoms with Crippen LogP contribution in [0.1, 0.15) is 6.42 Å². The molecule has 0 bridgehead atoms. The van der Waals surface area contributed by atoms with Crippen LogP contribution in [0.3, 0.4) is 0 Å². The summed E-state index contributed by atoms with van der Waals surface area (Å²) in [5.74, 6) is 2.55. The molecular formula is C12H21N3O2. The van der Waals surface area contributed by atoms with Crippen molar-refractivity contribution in [2.45, 2.75) is 6.42 Å². The molecule has 5 nitrogen and oxygen atoms in total. The van der Waals surface area contributed by atoms with E-state index in [1.165, 1.54) is 0 Å². The van der Waals surface area contributed by atoms with Gasteiger partial charge in [-0.15, -0.1) is 6.42 Å². The first kappa shape index (κ1) is 14.0. The Kier molecular flexibility index (Phi) is 6.63. The Balaban J connectivity index is 2.30. The van der Waals surface area contributed by atoms with Gasteiger partial charge in [0, 0.05) is 26.2 Å². The number of aliphatic hydroxyl groups is 1. The fourth-order valence-corrected chi connectivity index (χ4v) is 1.94. The molecule has 1 aliphatic heterocycles. The molecule has 1 amide bonds. The Labute approximate surface area is 103 Å². The number of β-amino-alcohol motifs (C(OH)–C–C–N with tert-alkyl or cyclic N) is 1. The van der Waals surface area contributed by atoms with E-state index in [2.05, 4.69) is 16.1 Å². The minimum Gasteiger partial charge on any atom is -0.395 e. The highest BCUT2D eigenvalue weighted by Crippen LogP contribution is 2.02. The van der Waals surface area contributed by atoms with E-state index in [0.29, 0.717) is 19.6 Å². The van der Waals surface area contributed by atoms with Crippen molar-refractivity contribution in [1.82, 2.24) is 15.1 Å². The highest BCUT2D eigenvalue weighted by atomic mass is 16.3. The quantitative estimate of drug-likeness (QED) is 0.464. The lowest BCUT2D eigenvalue weighted by atomic mass is 10.3. The van der Waals surface area contributed by atoms with Crippen LogP contribution in [0, 0.1) is 12.3 Å². The molecule has 0 unspecified atom stereocenters. The zero-order valence-corrected chi connectivity index (χ0v) is 10.2. The molecule has 17 heavy (non-hydrogen) atoms. The number of amides is 1. The third kappa shape index (κ3) is 5.18. The molecule has 1 heterocycles. The van der Waals surface area contributed by atoms with Crippen molar-refractivity contribution in [2.75, 3.05) is 52.4 Å². The van der Waals surface area contributed by atoms with Gasteiger partial charge in [0.15, 0.2) is 0 Å². The smallest absolute Gasteiger partial charge is 0.236 e. The van der Waals surface area contributed by atoms with Gasteiger partial charge in [0.05, 0.1) is 19.7 Å². The first-order valence-corrected chi connectivity index (χ1v) is 6.03. The fraction of sp³-hybridized carbons (Fsp3) is 0.750. The minimum atomic E-state index is 0.103. The van der Waals surface area contributed by atoms with Gasteiger partial charge in [0.1, 0.15) is 0 Å². The summed E-state index contributed by atoms with van der Waals surface area (Å²) in [6.07, 6.45) is 6.06. The Bertz CT molecular complexity index is 275. The van der Waals surface area contributed by atoms with Gasteiger partial charge in [-0.25, -0.2) is 0 Å². The van der Waals surface area contributed by atoms with Crippen LogP contribution < -0.4 is 5.32 Å². The molecule has 1 saturated heterocycles. The molecule has 2 N–H and O–H groups in total. The van der Waals surface area contributed by atoms with Crippen LogP contribution >= 0.6 is 0 Å². The summed E-state index contributed by atoms with van der Waals surface area (Å²) in [6.45, 7) is 4.91. The average molecular weight is 239 g/mol. The van der Waals surface area contributed by atoms with Crippen molar-refractivity contribution in [3.8, 4) is 12.3 Å². The number of nitrogens with one attached hydrogen (secondary N) is 1. The average Bonchev–Trinajstić information content (AvgIpc) is 2.55. The first-order chi connectivity index (χ1) is 8.27. The van der Waals surface area contributed by atoms with Gasteiger partial charge in [-0.05, 0) is 13.0 Å². The zero-order chi connectivity index (χ0) is 12.5. The van der Waals surface area contributed by atoms with Crippen molar-refractivity contribution in [2.24, 2.45) is 0 Å². The van der Waals surface area contributed by atoms with Crippen molar-refractivity contribution < 1.29 is 9.90 Å². The van der Waals surface area contributed by atoms with Gasteiger partial charge < -0.3 is 10.0 Å². The predicted octanol–water partition coefficient (Wildman–Crippen LogP) is -1.26. The molecule has 1 rings (SSSR count). The number of nitrogens with zero attached hydrogens (tertiary/aromatic N) is 2. The number of hydrogen-bond acceptors (Lipinski definition) is 4. The van der Waals surface area contributed by atoms with E-state index in [1.807, 2.05) is 4.90 Å². The van der Waals surface area contributed by atoms with Crippen LogP contribution in [-0.4, -0.2) is 73.2 Å². The van der Waals surface area contributed by atoms with Crippen LogP contribution in [0.25, 0.3) is 0 Å². The van der Waals surface area contributed by atoms with Crippen molar-refractivity contribution in [3.63, 3.8) is 0 Å². The molecule has 0 aromatic carbocycles. The van der Waals surface area contributed by atoms with E-state index < -0.39 is 0 Å². The third-order valence-electron chi connectivity index (χ3n) is 2.86. The molecule has 0 atom stereocenters. The Hall–Kier alpha value is -1.09. The maximum Gasteiger partial charge on any atom is 0.236 e. The summed E-state index contributed by atoms with van der Waals surface area (Å²) in [7, 11) is 0. The van der Waals surface area contributed by atoms with Crippen LogP contribution in [0.4, 0.5) is 0 Å². The highest BCUT2D eigenvalue weighted by Gasteiger charge is 2.17. The molecule has 96 valence electrons. The first-order valence-electron chi connectivity index (χ1n) is 6.03. The SMILES string of the molecule is C#CCNCC(=O)N1CCCN(CCO)CC1. The van der Waals surface area contributed by atoms with Gasteiger partial charge in [-0.2, -0.15) is 0 Å². The summed E-state index contributed by atoms with van der Waals surface area (Å²) in [6, 6.07) is 0. The number of carbonyl (C=O) groups excluding carboxylic acids is 1. The minimum absolute atomic E-state index is 0.103. The maximum atomic E-state index is 11.8. The molecular weight excluding hydrogens is 218 g/mol. The number of carbonyl (C=O) groups is 1. The molecule has 0 aromatic heterocycles. The lowest BCUT2D eigenvalue weighted by Gasteiger charge is -2.21. The van der Waals surface area contributed by atoms with E-state index in [1.54, 1.807) is 0 Å². The zero-order valence-electron chi connectivity index (χ0n) is 10.2. The third-order valence-corrected chi connectivity index (χ3v) is 2.86. The predicted molar refractivity (Wildman–Crippen MR) is 66.4 cm³/mol. The number of aliphatic hydroxyl groups excluding tert-OH is 1. The van der Waals surface area contributed by atoms with E-state index >= 15 is 0 Å². The van der Waals surface area contributed by atoms with Crippen molar-refractivity contribution >= 4 is 5.91 Å². The monoisotopic (exact) mass is 239 g/mol. The van der Waals surface area contributed by atoms with Gasteiger partial charge in [0.2, 0.25) is 5.91 Å². The Morgan fingerprint density at radius 3 is 2.88 bits per heavy atom. The topological polar surface area (TPSA) is 55.8 Å². The molecule has 1 fully saturated rings. The summed E-state index contributed by atoms with van der Waals surface area (Å²) in [5.41, 5.74) is 0. The normalized spacial score (nSPS) is 17.5. The highest BCUT2D eigenvalue weighted by molar-refractivity contribution is 5.78. The lowest BCUT2D eigenvalue weighted by molar-refractivity contribution is -0.130. The van der Waals surface area contributed by atoms with Crippen LogP contribution in [0.15, 0.2) is 0 Å². The maximum absolute atomic E-state index is 11.8. The van der Waals surface area contributed by atoms with E-state index in [9.17, 15) is 4.79 Å². The van der Waals surface area contributed by atoms with Crippen LogP contribution in [0.2, 0.25) is 0 Å². The summed E-state index contributed by atoms with van der Waals surface area (Å²) < 4.78 is 0. The Morgan fingerprint density at radius 2 is 2.18 bits per heavy atom. The molecule has 1 aliphatic rings. The second-order valence-electron chi connectivity index (χ2n) is 4.11. The molecule has 5 heteroatoms. The number of rotatable bonds is 5. The molecule has 0 saturated carbocycles. The molecule has 0 spiro atoms.